The molecule has 0 aliphatic rings. The maximum Gasteiger partial charge on any atom is 0.223 e. The standard InChI is InChI=1S/C14H26N2O/c1-11(2)16(8-7-15)13(17)9-12(3)10-14(4,5)6/h11-12H,8-10H2,1-6H3. The fraction of sp³-hybridized carbons (Fsp3) is 0.857. The molecule has 0 aliphatic carbocycles. The zero-order chi connectivity index (χ0) is 13.6. The van der Waals surface area contributed by atoms with Crippen LogP contribution in [0.4, 0.5) is 0 Å². The van der Waals surface area contributed by atoms with Crippen molar-refractivity contribution in [1.82, 2.24) is 4.90 Å². The summed E-state index contributed by atoms with van der Waals surface area (Å²) in [4.78, 5) is 13.7. The van der Waals surface area contributed by atoms with E-state index in [0.717, 1.165) is 6.42 Å². The number of rotatable bonds is 5. The van der Waals surface area contributed by atoms with Crippen LogP contribution in [0.25, 0.3) is 0 Å². The van der Waals surface area contributed by atoms with E-state index in [4.69, 9.17) is 5.26 Å². The van der Waals surface area contributed by atoms with Gasteiger partial charge in [-0.25, -0.2) is 0 Å². The third kappa shape index (κ3) is 6.99. The molecule has 0 aliphatic heterocycles. The van der Waals surface area contributed by atoms with Crippen molar-refractivity contribution in [3.05, 3.63) is 0 Å². The molecule has 0 fully saturated rings. The van der Waals surface area contributed by atoms with E-state index >= 15 is 0 Å². The highest BCUT2D eigenvalue weighted by molar-refractivity contribution is 5.76. The van der Waals surface area contributed by atoms with Crippen LogP contribution in [0.15, 0.2) is 0 Å². The summed E-state index contributed by atoms with van der Waals surface area (Å²) in [5.74, 6) is 0.459. The minimum atomic E-state index is 0.0956. The third-order valence-electron chi connectivity index (χ3n) is 2.67. The van der Waals surface area contributed by atoms with E-state index in [-0.39, 0.29) is 23.9 Å². The molecular formula is C14H26N2O. The summed E-state index contributed by atoms with van der Waals surface area (Å²) < 4.78 is 0. The highest BCUT2D eigenvalue weighted by Crippen LogP contribution is 2.26. The Hall–Kier alpha value is -1.04. The summed E-state index contributed by atoms with van der Waals surface area (Å²) in [7, 11) is 0. The van der Waals surface area contributed by atoms with Gasteiger partial charge in [0.2, 0.25) is 5.91 Å². The van der Waals surface area contributed by atoms with Gasteiger partial charge in [0.05, 0.1) is 6.07 Å². The van der Waals surface area contributed by atoms with Gasteiger partial charge in [-0.2, -0.15) is 5.26 Å². The predicted molar refractivity (Wildman–Crippen MR) is 70.3 cm³/mol. The zero-order valence-electron chi connectivity index (χ0n) is 12.1. The molecule has 0 saturated carbocycles. The zero-order valence-corrected chi connectivity index (χ0v) is 12.1. The Morgan fingerprint density at radius 2 is 1.82 bits per heavy atom. The second-order valence-electron chi connectivity index (χ2n) is 6.35. The fourth-order valence-electron chi connectivity index (χ4n) is 2.17. The van der Waals surface area contributed by atoms with Gasteiger partial charge in [0.1, 0.15) is 6.54 Å². The molecule has 0 heterocycles. The van der Waals surface area contributed by atoms with Crippen LogP contribution in [0.1, 0.15) is 54.4 Å². The molecule has 0 saturated heterocycles. The minimum Gasteiger partial charge on any atom is -0.327 e. The average molecular weight is 238 g/mol. The first kappa shape index (κ1) is 16.0. The van der Waals surface area contributed by atoms with Gasteiger partial charge in [0.25, 0.3) is 0 Å². The number of carbonyl (C=O) groups excluding carboxylic acids is 1. The molecule has 0 aromatic carbocycles. The molecule has 1 amide bonds. The van der Waals surface area contributed by atoms with Crippen molar-refractivity contribution in [2.75, 3.05) is 6.54 Å². The van der Waals surface area contributed by atoms with Crippen LogP contribution in [0, 0.1) is 22.7 Å². The van der Waals surface area contributed by atoms with Gasteiger partial charge in [-0.1, -0.05) is 27.7 Å². The Balaban J connectivity index is 4.37. The molecule has 0 spiro atoms. The molecule has 0 rings (SSSR count). The highest BCUT2D eigenvalue weighted by atomic mass is 16.2. The van der Waals surface area contributed by atoms with Gasteiger partial charge in [0, 0.05) is 12.5 Å². The minimum absolute atomic E-state index is 0.0956. The van der Waals surface area contributed by atoms with E-state index in [1.807, 2.05) is 13.8 Å². The van der Waals surface area contributed by atoms with Crippen LogP contribution in [-0.2, 0) is 4.79 Å². The number of nitriles is 1. The summed E-state index contributed by atoms with van der Waals surface area (Å²) in [5.41, 5.74) is 0.248. The van der Waals surface area contributed by atoms with Gasteiger partial charge in [-0.15, -0.1) is 0 Å². The van der Waals surface area contributed by atoms with Crippen molar-refractivity contribution in [3.8, 4) is 6.07 Å². The predicted octanol–water partition coefficient (Wildman–Crippen LogP) is 3.21. The average Bonchev–Trinajstić information content (AvgIpc) is 2.09. The molecule has 1 unspecified atom stereocenters. The molecule has 0 radical (unpaired) electrons. The SMILES string of the molecule is CC(CC(=O)N(CC#N)C(C)C)CC(C)(C)C. The Bertz CT molecular complexity index is 284. The maximum absolute atomic E-state index is 12.0. The monoisotopic (exact) mass is 238 g/mol. The van der Waals surface area contributed by atoms with E-state index < -0.39 is 0 Å². The number of nitrogens with zero attached hydrogens (tertiary/aromatic N) is 2. The lowest BCUT2D eigenvalue weighted by atomic mass is 9.84. The van der Waals surface area contributed by atoms with Crippen LogP contribution >= 0.6 is 0 Å². The largest absolute Gasteiger partial charge is 0.327 e. The maximum atomic E-state index is 12.0. The molecular weight excluding hydrogens is 212 g/mol. The quantitative estimate of drug-likeness (QED) is 0.690. The Morgan fingerprint density at radius 3 is 2.18 bits per heavy atom. The Morgan fingerprint density at radius 1 is 1.29 bits per heavy atom. The lowest BCUT2D eigenvalue weighted by Crippen LogP contribution is -2.38. The summed E-state index contributed by atoms with van der Waals surface area (Å²) in [6.07, 6.45) is 1.56. The smallest absolute Gasteiger partial charge is 0.223 e. The molecule has 1 atom stereocenters. The van der Waals surface area contributed by atoms with Crippen LogP contribution in [0.3, 0.4) is 0 Å². The third-order valence-corrected chi connectivity index (χ3v) is 2.67. The van der Waals surface area contributed by atoms with E-state index in [9.17, 15) is 4.79 Å². The van der Waals surface area contributed by atoms with Crippen LogP contribution in [-0.4, -0.2) is 23.4 Å². The molecule has 0 aromatic rings. The van der Waals surface area contributed by atoms with Crippen LogP contribution < -0.4 is 0 Å². The lowest BCUT2D eigenvalue weighted by molar-refractivity contribution is -0.133. The van der Waals surface area contributed by atoms with E-state index in [1.54, 1.807) is 4.90 Å². The molecule has 3 heteroatoms. The second kappa shape index (κ2) is 6.64. The van der Waals surface area contributed by atoms with Crippen molar-refractivity contribution in [3.63, 3.8) is 0 Å². The van der Waals surface area contributed by atoms with Gasteiger partial charge < -0.3 is 4.90 Å². The number of hydrogen-bond acceptors (Lipinski definition) is 2. The van der Waals surface area contributed by atoms with Crippen molar-refractivity contribution in [1.29, 1.82) is 5.26 Å². The van der Waals surface area contributed by atoms with E-state index in [0.29, 0.717) is 12.3 Å². The van der Waals surface area contributed by atoms with Crippen molar-refractivity contribution in [2.45, 2.75) is 60.4 Å². The first-order valence-electron chi connectivity index (χ1n) is 6.33. The summed E-state index contributed by atoms with van der Waals surface area (Å²) in [6, 6.07) is 2.16. The van der Waals surface area contributed by atoms with E-state index in [2.05, 4.69) is 33.8 Å². The van der Waals surface area contributed by atoms with Crippen molar-refractivity contribution >= 4 is 5.91 Å². The number of carbonyl (C=O) groups is 1. The summed E-state index contributed by atoms with van der Waals surface area (Å²) in [5, 5.41) is 8.71. The molecule has 3 nitrogen and oxygen atoms in total. The Labute approximate surface area is 106 Å². The molecule has 98 valence electrons. The van der Waals surface area contributed by atoms with Crippen molar-refractivity contribution < 1.29 is 4.79 Å². The van der Waals surface area contributed by atoms with Gasteiger partial charge >= 0.3 is 0 Å². The van der Waals surface area contributed by atoms with Crippen LogP contribution in [0.2, 0.25) is 0 Å². The van der Waals surface area contributed by atoms with Gasteiger partial charge in [0.15, 0.2) is 0 Å². The second-order valence-corrected chi connectivity index (χ2v) is 6.35. The van der Waals surface area contributed by atoms with Crippen LogP contribution in [0.5, 0.6) is 0 Å². The highest BCUT2D eigenvalue weighted by Gasteiger charge is 2.22. The molecule has 0 aromatic heterocycles. The molecule has 0 bridgehead atoms. The normalized spacial score (nSPS) is 13.3. The van der Waals surface area contributed by atoms with Gasteiger partial charge in [-0.05, 0) is 31.6 Å². The molecule has 0 N–H and O–H groups in total. The molecule has 17 heavy (non-hydrogen) atoms. The van der Waals surface area contributed by atoms with Crippen molar-refractivity contribution in [2.24, 2.45) is 11.3 Å². The number of amides is 1. The van der Waals surface area contributed by atoms with Gasteiger partial charge in [-0.3, -0.25) is 4.79 Å². The lowest BCUT2D eigenvalue weighted by Gasteiger charge is -2.27. The number of hydrogen-bond donors (Lipinski definition) is 0. The summed E-state index contributed by atoms with van der Waals surface area (Å²) >= 11 is 0. The topological polar surface area (TPSA) is 44.1 Å². The van der Waals surface area contributed by atoms with E-state index in [1.165, 1.54) is 0 Å². The first-order chi connectivity index (χ1) is 7.67. The summed E-state index contributed by atoms with van der Waals surface area (Å²) in [6.45, 7) is 12.7. The Kier molecular flexibility index (Phi) is 6.23. The first-order valence-corrected chi connectivity index (χ1v) is 6.33. The fourth-order valence-corrected chi connectivity index (χ4v) is 2.17.